The van der Waals surface area contributed by atoms with Crippen molar-refractivity contribution in [1.29, 1.82) is 0 Å². The Morgan fingerprint density at radius 2 is 1.70 bits per heavy atom. The Morgan fingerprint density at radius 1 is 1.10 bits per heavy atom. The van der Waals surface area contributed by atoms with Crippen LogP contribution in [0.1, 0.15) is 30.9 Å². The number of benzene rings is 1. The molecule has 1 heterocycles. The van der Waals surface area contributed by atoms with Crippen LogP contribution in [0.15, 0.2) is 12.1 Å². The first-order valence-electron chi connectivity index (χ1n) is 7.33. The van der Waals surface area contributed by atoms with Crippen LogP contribution in [-0.2, 0) is 6.54 Å². The molecule has 0 radical (unpaired) electrons. The molecule has 0 unspecified atom stereocenters. The summed E-state index contributed by atoms with van der Waals surface area (Å²) in [6.45, 7) is 9.78. The van der Waals surface area contributed by atoms with E-state index in [1.54, 1.807) is 14.2 Å². The average molecular weight is 278 g/mol. The van der Waals surface area contributed by atoms with Gasteiger partial charge in [0.15, 0.2) is 11.5 Å². The lowest BCUT2D eigenvalue weighted by molar-refractivity contribution is 0.232. The maximum atomic E-state index is 5.44. The third-order valence-electron chi connectivity index (χ3n) is 3.87. The van der Waals surface area contributed by atoms with Crippen molar-refractivity contribution in [3.8, 4) is 11.5 Å². The average Bonchev–Trinajstić information content (AvgIpc) is 2.47. The number of methoxy groups -OCH3 is 2. The molecule has 1 aromatic carbocycles. The lowest BCUT2D eigenvalue weighted by Gasteiger charge is -2.29. The third-order valence-corrected chi connectivity index (χ3v) is 3.87. The normalized spacial score (nSPS) is 16.4. The van der Waals surface area contributed by atoms with Gasteiger partial charge < -0.3 is 14.8 Å². The van der Waals surface area contributed by atoms with Crippen molar-refractivity contribution in [2.75, 3.05) is 40.4 Å². The van der Waals surface area contributed by atoms with E-state index >= 15 is 0 Å². The lowest BCUT2D eigenvalue weighted by Crippen LogP contribution is -2.43. The van der Waals surface area contributed by atoms with Gasteiger partial charge in [0.1, 0.15) is 0 Å². The number of rotatable bonds is 5. The van der Waals surface area contributed by atoms with E-state index in [9.17, 15) is 0 Å². The standard InChI is InChI=1S/C16H26N2O2/c1-12(2)14-10-16(20-4)15(19-3)9-13(14)11-18-7-5-17-6-8-18/h9-10,12,17H,5-8,11H2,1-4H3. The highest BCUT2D eigenvalue weighted by molar-refractivity contribution is 5.48. The molecule has 0 atom stereocenters. The summed E-state index contributed by atoms with van der Waals surface area (Å²) in [5, 5.41) is 3.39. The largest absolute Gasteiger partial charge is 0.493 e. The molecule has 1 aliphatic heterocycles. The van der Waals surface area contributed by atoms with E-state index in [1.807, 2.05) is 0 Å². The zero-order valence-corrected chi connectivity index (χ0v) is 13.0. The molecule has 1 fully saturated rings. The number of piperazine rings is 1. The molecule has 4 heteroatoms. The minimum absolute atomic E-state index is 0.479. The number of nitrogens with one attached hydrogen (secondary N) is 1. The molecule has 0 aromatic heterocycles. The van der Waals surface area contributed by atoms with Crippen LogP contribution in [0.3, 0.4) is 0 Å². The Balaban J connectivity index is 2.28. The zero-order valence-electron chi connectivity index (χ0n) is 13.0. The van der Waals surface area contributed by atoms with Gasteiger partial charge >= 0.3 is 0 Å². The minimum Gasteiger partial charge on any atom is -0.493 e. The Bertz CT molecular complexity index is 440. The molecule has 112 valence electrons. The van der Waals surface area contributed by atoms with Crippen molar-refractivity contribution >= 4 is 0 Å². The van der Waals surface area contributed by atoms with Gasteiger partial charge in [-0.1, -0.05) is 13.8 Å². The van der Waals surface area contributed by atoms with Crippen molar-refractivity contribution in [2.24, 2.45) is 0 Å². The minimum atomic E-state index is 0.479. The number of nitrogens with zero attached hydrogens (tertiary/aromatic N) is 1. The van der Waals surface area contributed by atoms with E-state index in [4.69, 9.17) is 9.47 Å². The van der Waals surface area contributed by atoms with Crippen molar-refractivity contribution in [1.82, 2.24) is 10.2 Å². The Morgan fingerprint density at radius 3 is 2.25 bits per heavy atom. The highest BCUT2D eigenvalue weighted by Crippen LogP contribution is 2.34. The summed E-state index contributed by atoms with van der Waals surface area (Å²) in [6.07, 6.45) is 0. The lowest BCUT2D eigenvalue weighted by atomic mass is 9.96. The molecule has 0 amide bonds. The van der Waals surface area contributed by atoms with E-state index in [0.29, 0.717) is 5.92 Å². The first kappa shape index (κ1) is 15.1. The molecule has 4 nitrogen and oxygen atoms in total. The Labute approximate surface area is 122 Å². The smallest absolute Gasteiger partial charge is 0.161 e. The van der Waals surface area contributed by atoms with Gasteiger partial charge in [0.05, 0.1) is 14.2 Å². The molecule has 0 saturated carbocycles. The fraction of sp³-hybridized carbons (Fsp3) is 0.625. The number of hydrogen-bond donors (Lipinski definition) is 1. The second-order valence-corrected chi connectivity index (χ2v) is 5.59. The molecule has 1 aliphatic rings. The molecule has 0 spiro atoms. The molecule has 0 aliphatic carbocycles. The summed E-state index contributed by atoms with van der Waals surface area (Å²) in [7, 11) is 3.39. The van der Waals surface area contributed by atoms with E-state index < -0.39 is 0 Å². The summed E-state index contributed by atoms with van der Waals surface area (Å²) < 4.78 is 10.9. The SMILES string of the molecule is COc1cc(CN2CCNCC2)c(C(C)C)cc1OC. The van der Waals surface area contributed by atoms with E-state index in [2.05, 4.69) is 36.2 Å². The summed E-state index contributed by atoms with van der Waals surface area (Å²) in [5.74, 6) is 2.12. The quantitative estimate of drug-likeness (QED) is 0.895. The summed E-state index contributed by atoms with van der Waals surface area (Å²) in [4.78, 5) is 2.49. The monoisotopic (exact) mass is 278 g/mol. The zero-order chi connectivity index (χ0) is 14.5. The Hall–Kier alpha value is -1.26. The first-order chi connectivity index (χ1) is 9.65. The fourth-order valence-electron chi connectivity index (χ4n) is 2.72. The molecule has 1 saturated heterocycles. The van der Waals surface area contributed by atoms with Gasteiger partial charge in [0.25, 0.3) is 0 Å². The van der Waals surface area contributed by atoms with E-state index in [-0.39, 0.29) is 0 Å². The third kappa shape index (κ3) is 3.44. The highest BCUT2D eigenvalue weighted by Gasteiger charge is 2.17. The van der Waals surface area contributed by atoms with Gasteiger partial charge in [-0.15, -0.1) is 0 Å². The van der Waals surface area contributed by atoms with Crippen molar-refractivity contribution in [2.45, 2.75) is 26.3 Å². The fourth-order valence-corrected chi connectivity index (χ4v) is 2.72. The molecule has 20 heavy (non-hydrogen) atoms. The summed E-state index contributed by atoms with van der Waals surface area (Å²) in [5.41, 5.74) is 2.70. The van der Waals surface area contributed by atoms with Crippen LogP contribution in [-0.4, -0.2) is 45.3 Å². The van der Waals surface area contributed by atoms with E-state index in [0.717, 1.165) is 44.2 Å². The molecular weight excluding hydrogens is 252 g/mol. The van der Waals surface area contributed by atoms with Crippen LogP contribution in [0.5, 0.6) is 11.5 Å². The van der Waals surface area contributed by atoms with E-state index in [1.165, 1.54) is 11.1 Å². The van der Waals surface area contributed by atoms with Gasteiger partial charge in [-0.3, -0.25) is 4.90 Å². The van der Waals surface area contributed by atoms with Crippen LogP contribution in [0.4, 0.5) is 0 Å². The number of ether oxygens (including phenoxy) is 2. The Kier molecular flexibility index (Phi) is 5.26. The summed E-state index contributed by atoms with van der Waals surface area (Å²) >= 11 is 0. The maximum Gasteiger partial charge on any atom is 0.161 e. The van der Waals surface area contributed by atoms with Crippen molar-refractivity contribution < 1.29 is 9.47 Å². The first-order valence-corrected chi connectivity index (χ1v) is 7.33. The van der Waals surface area contributed by atoms with Crippen LogP contribution >= 0.6 is 0 Å². The molecule has 1 N–H and O–H groups in total. The molecule has 1 aromatic rings. The van der Waals surface area contributed by atoms with Crippen LogP contribution in [0.2, 0.25) is 0 Å². The van der Waals surface area contributed by atoms with Gasteiger partial charge in [-0.25, -0.2) is 0 Å². The summed E-state index contributed by atoms with van der Waals surface area (Å²) in [6, 6.07) is 4.26. The van der Waals surface area contributed by atoms with Crippen LogP contribution in [0, 0.1) is 0 Å². The van der Waals surface area contributed by atoms with Gasteiger partial charge in [0, 0.05) is 32.7 Å². The predicted octanol–water partition coefficient (Wildman–Crippen LogP) is 2.23. The van der Waals surface area contributed by atoms with Crippen LogP contribution < -0.4 is 14.8 Å². The van der Waals surface area contributed by atoms with Crippen molar-refractivity contribution in [3.05, 3.63) is 23.3 Å². The molecule has 2 rings (SSSR count). The number of hydrogen-bond acceptors (Lipinski definition) is 4. The second kappa shape index (κ2) is 6.95. The molecular formula is C16H26N2O2. The maximum absolute atomic E-state index is 5.44. The topological polar surface area (TPSA) is 33.7 Å². The van der Waals surface area contributed by atoms with Gasteiger partial charge in [-0.05, 0) is 29.2 Å². The van der Waals surface area contributed by atoms with Gasteiger partial charge in [-0.2, -0.15) is 0 Å². The van der Waals surface area contributed by atoms with Crippen LogP contribution in [0.25, 0.3) is 0 Å². The predicted molar refractivity (Wildman–Crippen MR) is 81.8 cm³/mol. The van der Waals surface area contributed by atoms with Crippen molar-refractivity contribution in [3.63, 3.8) is 0 Å². The van der Waals surface area contributed by atoms with Gasteiger partial charge in [0.2, 0.25) is 0 Å². The second-order valence-electron chi connectivity index (χ2n) is 5.59. The highest BCUT2D eigenvalue weighted by atomic mass is 16.5. The molecule has 0 bridgehead atoms.